The lowest BCUT2D eigenvalue weighted by molar-refractivity contribution is -0.120. The van der Waals surface area contributed by atoms with E-state index >= 15 is 0 Å². The topological polar surface area (TPSA) is 81.8 Å². The highest BCUT2D eigenvalue weighted by Crippen LogP contribution is 2.32. The third-order valence-electron chi connectivity index (χ3n) is 7.11. The van der Waals surface area contributed by atoms with Crippen molar-refractivity contribution in [2.45, 2.75) is 81.7 Å². The first-order valence-corrected chi connectivity index (χ1v) is 13.5. The van der Waals surface area contributed by atoms with E-state index in [-0.39, 0.29) is 16.7 Å². The number of hydrogen-bond donors (Lipinski definition) is 1. The van der Waals surface area contributed by atoms with E-state index in [1.807, 2.05) is 37.3 Å². The van der Waals surface area contributed by atoms with Gasteiger partial charge < -0.3 is 9.88 Å². The standard InChI is InChI=1S/C26H33N5O2S/c1-18(24(32)27-17-19-11-5-2-6-12-19)34-26-28-23-22(21-15-9-4-10-16-30(21)26)25(33)31(29-23)20-13-7-3-8-14-20/h3,7-8,13-14,18-19H,2,4-6,9-12,15-17H2,1H3,(H,27,32). The molecule has 1 saturated carbocycles. The minimum absolute atomic E-state index is 0.0553. The molecule has 7 nitrogen and oxygen atoms in total. The molecule has 1 aromatic carbocycles. The van der Waals surface area contributed by atoms with Gasteiger partial charge in [-0.25, -0.2) is 4.98 Å². The van der Waals surface area contributed by atoms with Crippen LogP contribution >= 0.6 is 11.8 Å². The monoisotopic (exact) mass is 479 g/mol. The van der Waals surface area contributed by atoms with Gasteiger partial charge >= 0.3 is 0 Å². The van der Waals surface area contributed by atoms with Crippen molar-refractivity contribution in [1.82, 2.24) is 24.6 Å². The molecule has 4 aliphatic rings. The zero-order chi connectivity index (χ0) is 23.5. The van der Waals surface area contributed by atoms with E-state index in [0.29, 0.717) is 17.3 Å². The molecule has 1 unspecified atom stereocenters. The van der Waals surface area contributed by atoms with Crippen LogP contribution in [0.4, 0.5) is 0 Å². The van der Waals surface area contributed by atoms with Crippen molar-refractivity contribution in [1.29, 1.82) is 0 Å². The van der Waals surface area contributed by atoms with Gasteiger partial charge in [0.25, 0.3) is 5.56 Å². The minimum atomic E-state index is -0.267. The van der Waals surface area contributed by atoms with E-state index in [1.165, 1.54) is 48.5 Å². The number of para-hydroxylation sites is 1. The fourth-order valence-corrected chi connectivity index (χ4v) is 6.15. The van der Waals surface area contributed by atoms with Gasteiger partial charge in [0.2, 0.25) is 5.91 Å². The maximum absolute atomic E-state index is 13.4. The summed E-state index contributed by atoms with van der Waals surface area (Å²) in [5.41, 5.74) is 2.24. The number of benzene rings is 1. The molecule has 1 aliphatic carbocycles. The molecule has 1 amide bonds. The highest BCUT2D eigenvalue weighted by atomic mass is 32.2. The van der Waals surface area contributed by atoms with E-state index in [0.717, 1.165) is 55.3 Å². The van der Waals surface area contributed by atoms with Crippen molar-refractivity contribution >= 4 is 17.7 Å². The van der Waals surface area contributed by atoms with Gasteiger partial charge in [-0.3, -0.25) is 9.59 Å². The van der Waals surface area contributed by atoms with Crippen molar-refractivity contribution in [2.24, 2.45) is 5.92 Å². The lowest BCUT2D eigenvalue weighted by Gasteiger charge is -2.23. The molecule has 8 heteroatoms. The first-order chi connectivity index (χ1) is 16.6. The number of nitrogens with one attached hydrogen (secondary N) is 1. The van der Waals surface area contributed by atoms with Crippen LogP contribution in [0.25, 0.3) is 17.1 Å². The number of thioether (sulfide) groups is 1. The van der Waals surface area contributed by atoms with Crippen molar-refractivity contribution in [2.75, 3.05) is 6.54 Å². The smallest absolute Gasteiger partial charge is 0.284 e. The van der Waals surface area contributed by atoms with Crippen LogP contribution in [0.3, 0.4) is 0 Å². The van der Waals surface area contributed by atoms with Gasteiger partial charge in [0.05, 0.1) is 10.9 Å². The molecule has 1 fully saturated rings. The number of fused-ring (bicyclic) bond motifs is 3. The Morgan fingerprint density at radius 1 is 1.12 bits per heavy atom. The SMILES string of the molecule is CC(Sc1nc2nn(-c3ccccc3)c(=O)c-2c2n1CCCCC2)C(=O)NCC1CCCCC1. The van der Waals surface area contributed by atoms with Crippen LogP contribution in [0.5, 0.6) is 0 Å². The Hall–Kier alpha value is -2.61. The average Bonchev–Trinajstić information content (AvgIpc) is 3.03. The fraction of sp³-hybridized carbons (Fsp3) is 0.538. The maximum Gasteiger partial charge on any atom is 0.284 e. The van der Waals surface area contributed by atoms with Crippen LogP contribution in [0.2, 0.25) is 0 Å². The zero-order valence-electron chi connectivity index (χ0n) is 19.8. The summed E-state index contributed by atoms with van der Waals surface area (Å²) in [6, 6.07) is 9.49. The van der Waals surface area contributed by atoms with E-state index in [4.69, 9.17) is 4.98 Å². The summed E-state index contributed by atoms with van der Waals surface area (Å²) in [5.74, 6) is 1.13. The van der Waals surface area contributed by atoms with Gasteiger partial charge in [-0.15, -0.1) is 5.10 Å². The molecule has 34 heavy (non-hydrogen) atoms. The Bertz CT molecular complexity index is 1170. The van der Waals surface area contributed by atoms with Gasteiger partial charge in [-0.2, -0.15) is 4.68 Å². The normalized spacial score (nSPS) is 17.8. The Labute approximate surface area is 204 Å². The number of aromatic nitrogens is 4. The van der Waals surface area contributed by atoms with Crippen molar-refractivity contribution in [3.63, 3.8) is 0 Å². The third kappa shape index (κ3) is 4.78. The number of rotatable bonds is 6. The molecule has 0 bridgehead atoms. The molecule has 1 aromatic rings. The summed E-state index contributed by atoms with van der Waals surface area (Å²) in [5, 5.41) is 8.28. The summed E-state index contributed by atoms with van der Waals surface area (Å²) < 4.78 is 3.63. The van der Waals surface area contributed by atoms with Crippen molar-refractivity contribution in [3.8, 4) is 17.1 Å². The van der Waals surface area contributed by atoms with Crippen LogP contribution in [-0.4, -0.2) is 37.0 Å². The second-order valence-corrected chi connectivity index (χ2v) is 10.9. The van der Waals surface area contributed by atoms with Crippen LogP contribution in [-0.2, 0) is 17.8 Å². The molecule has 0 saturated heterocycles. The predicted octanol–water partition coefficient (Wildman–Crippen LogP) is 4.44. The van der Waals surface area contributed by atoms with Crippen molar-refractivity contribution < 1.29 is 4.79 Å². The minimum Gasteiger partial charge on any atom is -0.355 e. The predicted molar refractivity (Wildman–Crippen MR) is 135 cm³/mol. The van der Waals surface area contributed by atoms with E-state index in [1.54, 1.807) is 0 Å². The summed E-state index contributed by atoms with van der Waals surface area (Å²) in [4.78, 5) is 31.1. The van der Waals surface area contributed by atoms with E-state index < -0.39 is 0 Å². The number of hydrogen-bond acceptors (Lipinski definition) is 5. The molecule has 1 atom stereocenters. The first kappa shape index (κ1) is 23.1. The molecule has 180 valence electrons. The molecule has 0 radical (unpaired) electrons. The van der Waals surface area contributed by atoms with Gasteiger partial charge in [0.1, 0.15) is 5.56 Å². The summed E-state index contributed by atoms with van der Waals surface area (Å²) in [6.45, 7) is 3.52. The zero-order valence-corrected chi connectivity index (χ0v) is 20.6. The largest absolute Gasteiger partial charge is 0.355 e. The highest BCUT2D eigenvalue weighted by molar-refractivity contribution is 8.00. The second-order valence-electron chi connectivity index (χ2n) is 9.56. The lowest BCUT2D eigenvalue weighted by atomic mass is 9.89. The summed E-state index contributed by atoms with van der Waals surface area (Å²) >= 11 is 1.48. The number of nitrogens with zero attached hydrogens (tertiary/aromatic N) is 4. The Morgan fingerprint density at radius 2 is 1.88 bits per heavy atom. The second kappa shape index (κ2) is 10.3. The molecule has 1 N–H and O–H groups in total. The van der Waals surface area contributed by atoms with Gasteiger partial charge in [0.15, 0.2) is 11.0 Å². The maximum atomic E-state index is 13.4. The van der Waals surface area contributed by atoms with Gasteiger partial charge in [-0.05, 0) is 57.1 Å². The Balaban J connectivity index is 1.43. The van der Waals surface area contributed by atoms with E-state index in [9.17, 15) is 9.59 Å². The Kier molecular flexibility index (Phi) is 7.04. The lowest BCUT2D eigenvalue weighted by Crippen LogP contribution is -2.35. The number of carbonyl (C=O) groups excluding carboxylic acids is 1. The van der Waals surface area contributed by atoms with Crippen molar-refractivity contribution in [3.05, 3.63) is 46.4 Å². The quantitative estimate of drug-likeness (QED) is 0.418. The molecule has 3 heterocycles. The molecular weight excluding hydrogens is 446 g/mol. The van der Waals surface area contributed by atoms with Crippen LogP contribution in [0, 0.1) is 5.92 Å². The summed E-state index contributed by atoms with van der Waals surface area (Å²) in [7, 11) is 0. The molecule has 0 spiro atoms. The fourth-order valence-electron chi connectivity index (χ4n) is 5.18. The van der Waals surface area contributed by atoms with Crippen LogP contribution in [0.1, 0.15) is 64.0 Å². The van der Waals surface area contributed by atoms with E-state index in [2.05, 4.69) is 15.0 Å². The first-order valence-electron chi connectivity index (χ1n) is 12.6. The van der Waals surface area contributed by atoms with Crippen LogP contribution in [0.15, 0.2) is 40.3 Å². The highest BCUT2D eigenvalue weighted by Gasteiger charge is 2.28. The molecule has 5 rings (SSSR count). The molecular formula is C26H33N5O2S. The van der Waals surface area contributed by atoms with Gasteiger partial charge in [-0.1, -0.05) is 55.6 Å². The number of carbonyl (C=O) groups is 1. The molecule has 0 aromatic heterocycles. The third-order valence-corrected chi connectivity index (χ3v) is 8.20. The van der Waals surface area contributed by atoms with Gasteiger partial charge in [0, 0.05) is 18.8 Å². The average molecular weight is 480 g/mol. The van der Waals surface area contributed by atoms with Crippen LogP contribution < -0.4 is 10.9 Å². The Morgan fingerprint density at radius 3 is 2.68 bits per heavy atom. The number of amides is 1. The molecule has 3 aliphatic heterocycles. The summed E-state index contributed by atoms with van der Waals surface area (Å²) in [6.07, 6.45) is 10.3.